The number of nitrogens with zero attached hydrogens (tertiary/aromatic N) is 2. The minimum Gasteiger partial charge on any atom is -0.325 e. The van der Waals surface area contributed by atoms with Gasteiger partial charge in [-0.05, 0) is 24.6 Å². The highest BCUT2D eigenvalue weighted by Crippen LogP contribution is 2.17. The van der Waals surface area contributed by atoms with Crippen molar-refractivity contribution < 1.29 is 24.0 Å². The van der Waals surface area contributed by atoms with Crippen molar-refractivity contribution in [1.29, 1.82) is 0 Å². The molecule has 3 rings (SSSR count). The summed E-state index contributed by atoms with van der Waals surface area (Å²) >= 11 is 0. The Labute approximate surface area is 160 Å². The summed E-state index contributed by atoms with van der Waals surface area (Å²) in [6.07, 6.45) is 0. The lowest BCUT2D eigenvalue weighted by atomic mass is 10.1. The lowest BCUT2D eigenvalue weighted by Crippen LogP contribution is -2.38. The standard InChI is InChI=1S/C20H17N3O5/c1-13(24)15-8-5-9-16(10-15)21-17(25)12-23-19(27)18(26)22(20(23)28)11-14-6-3-2-4-7-14/h2-10H,11-12H2,1H3,(H,21,25). The van der Waals surface area contributed by atoms with Gasteiger partial charge in [0.1, 0.15) is 6.54 Å². The molecule has 1 aliphatic heterocycles. The van der Waals surface area contributed by atoms with Crippen LogP contribution in [0.2, 0.25) is 0 Å². The average Bonchev–Trinajstić information content (AvgIpc) is 2.87. The average molecular weight is 379 g/mol. The fraction of sp³-hybridized carbons (Fsp3) is 0.150. The number of hydrogen-bond acceptors (Lipinski definition) is 5. The minimum absolute atomic E-state index is 0.0526. The smallest absolute Gasteiger partial charge is 0.325 e. The summed E-state index contributed by atoms with van der Waals surface area (Å²) in [5.41, 5.74) is 1.45. The number of urea groups is 1. The predicted molar refractivity (Wildman–Crippen MR) is 99.2 cm³/mol. The van der Waals surface area contributed by atoms with E-state index < -0.39 is 30.3 Å². The van der Waals surface area contributed by atoms with Crippen molar-refractivity contribution in [3.63, 3.8) is 0 Å². The van der Waals surface area contributed by atoms with E-state index in [1.807, 2.05) is 0 Å². The van der Waals surface area contributed by atoms with Crippen LogP contribution in [0.5, 0.6) is 0 Å². The Morgan fingerprint density at radius 3 is 2.25 bits per heavy atom. The lowest BCUT2D eigenvalue weighted by Gasteiger charge is -2.15. The highest BCUT2D eigenvalue weighted by Gasteiger charge is 2.45. The summed E-state index contributed by atoms with van der Waals surface area (Å²) in [5, 5.41) is 2.52. The number of ketones is 1. The Kier molecular flexibility index (Phi) is 5.30. The number of rotatable bonds is 6. The fourth-order valence-corrected chi connectivity index (χ4v) is 2.76. The van der Waals surface area contributed by atoms with Crippen LogP contribution in [0.4, 0.5) is 10.5 Å². The molecule has 0 atom stereocenters. The Bertz CT molecular complexity index is 971. The molecule has 0 aliphatic carbocycles. The number of carbonyl (C=O) groups is 5. The molecule has 0 spiro atoms. The largest absolute Gasteiger partial charge is 0.335 e. The van der Waals surface area contributed by atoms with Crippen molar-refractivity contribution in [2.24, 2.45) is 0 Å². The van der Waals surface area contributed by atoms with Crippen LogP contribution >= 0.6 is 0 Å². The number of hydrogen-bond donors (Lipinski definition) is 1. The molecule has 1 N–H and O–H groups in total. The Morgan fingerprint density at radius 1 is 0.893 bits per heavy atom. The maximum absolute atomic E-state index is 12.4. The Morgan fingerprint density at radius 2 is 1.57 bits per heavy atom. The molecule has 8 nitrogen and oxygen atoms in total. The molecule has 1 saturated heterocycles. The van der Waals surface area contributed by atoms with Gasteiger partial charge in [-0.25, -0.2) is 9.69 Å². The highest BCUT2D eigenvalue weighted by molar-refractivity contribution is 6.45. The summed E-state index contributed by atoms with van der Waals surface area (Å²) in [7, 11) is 0. The molecule has 1 heterocycles. The molecule has 142 valence electrons. The molecule has 28 heavy (non-hydrogen) atoms. The fourth-order valence-electron chi connectivity index (χ4n) is 2.76. The predicted octanol–water partition coefficient (Wildman–Crippen LogP) is 1.82. The second-order valence-corrected chi connectivity index (χ2v) is 6.24. The summed E-state index contributed by atoms with van der Waals surface area (Å²) in [6.45, 7) is 0.747. The summed E-state index contributed by atoms with van der Waals surface area (Å²) in [6, 6.07) is 14.2. The second-order valence-electron chi connectivity index (χ2n) is 6.24. The van der Waals surface area contributed by atoms with Crippen molar-refractivity contribution in [3.05, 3.63) is 65.7 Å². The first kappa shape index (κ1) is 19.0. The first-order valence-electron chi connectivity index (χ1n) is 8.49. The van der Waals surface area contributed by atoms with E-state index in [2.05, 4.69) is 5.32 Å². The van der Waals surface area contributed by atoms with Gasteiger partial charge in [-0.15, -0.1) is 0 Å². The van der Waals surface area contributed by atoms with Crippen molar-refractivity contribution in [2.45, 2.75) is 13.5 Å². The van der Waals surface area contributed by atoms with Gasteiger partial charge in [0.05, 0.1) is 6.54 Å². The van der Waals surface area contributed by atoms with Crippen molar-refractivity contribution in [1.82, 2.24) is 9.80 Å². The van der Waals surface area contributed by atoms with Crippen LogP contribution in [0.15, 0.2) is 54.6 Å². The molecule has 5 amide bonds. The number of benzene rings is 2. The van der Waals surface area contributed by atoms with Crippen molar-refractivity contribution in [3.8, 4) is 0 Å². The van der Waals surface area contributed by atoms with E-state index in [1.54, 1.807) is 48.5 Å². The zero-order valence-electron chi connectivity index (χ0n) is 15.0. The lowest BCUT2D eigenvalue weighted by molar-refractivity contribution is -0.143. The van der Waals surface area contributed by atoms with Crippen LogP contribution < -0.4 is 5.32 Å². The zero-order valence-corrected chi connectivity index (χ0v) is 15.0. The van der Waals surface area contributed by atoms with Crippen LogP contribution in [0.3, 0.4) is 0 Å². The van der Waals surface area contributed by atoms with Gasteiger partial charge in [-0.3, -0.25) is 24.1 Å². The molecule has 0 unspecified atom stereocenters. The third-order valence-electron chi connectivity index (χ3n) is 4.17. The van der Waals surface area contributed by atoms with Crippen molar-refractivity contribution >= 4 is 35.2 Å². The molecule has 0 radical (unpaired) electrons. The third-order valence-corrected chi connectivity index (χ3v) is 4.17. The van der Waals surface area contributed by atoms with Crippen LogP contribution in [-0.2, 0) is 20.9 Å². The van der Waals surface area contributed by atoms with E-state index in [4.69, 9.17) is 0 Å². The van der Waals surface area contributed by atoms with E-state index in [1.165, 1.54) is 13.0 Å². The minimum atomic E-state index is -1.05. The van der Waals surface area contributed by atoms with Gasteiger partial charge in [-0.2, -0.15) is 0 Å². The second kappa shape index (κ2) is 7.83. The molecule has 0 bridgehead atoms. The summed E-state index contributed by atoms with van der Waals surface area (Å²) in [5.74, 6) is -2.84. The normalized spacial score (nSPS) is 13.8. The molecular weight excluding hydrogens is 362 g/mol. The third kappa shape index (κ3) is 3.96. The molecular formula is C20H17N3O5. The van der Waals surface area contributed by atoms with Gasteiger partial charge in [0.2, 0.25) is 5.91 Å². The first-order valence-corrected chi connectivity index (χ1v) is 8.49. The number of nitrogens with one attached hydrogen (secondary N) is 1. The van der Waals surface area contributed by atoms with E-state index in [0.29, 0.717) is 21.7 Å². The van der Waals surface area contributed by atoms with E-state index in [9.17, 15) is 24.0 Å². The molecule has 2 aromatic rings. The molecule has 0 aromatic heterocycles. The van der Waals surface area contributed by atoms with Crippen LogP contribution in [0.1, 0.15) is 22.8 Å². The monoisotopic (exact) mass is 379 g/mol. The maximum atomic E-state index is 12.4. The molecule has 1 aliphatic rings. The van der Waals surface area contributed by atoms with Crippen LogP contribution in [-0.4, -0.2) is 45.9 Å². The van der Waals surface area contributed by atoms with Gasteiger partial charge in [-0.1, -0.05) is 42.5 Å². The van der Waals surface area contributed by atoms with Crippen molar-refractivity contribution in [2.75, 3.05) is 11.9 Å². The Hall–Kier alpha value is -3.81. The number of imide groups is 2. The Balaban J connectivity index is 1.68. The molecule has 0 saturated carbocycles. The maximum Gasteiger partial charge on any atom is 0.335 e. The van der Waals surface area contributed by atoms with Crippen LogP contribution in [0.25, 0.3) is 0 Å². The SMILES string of the molecule is CC(=O)c1cccc(NC(=O)CN2C(=O)C(=O)N(Cc3ccccc3)C2=O)c1. The molecule has 2 aromatic carbocycles. The quantitative estimate of drug-likeness (QED) is 0.468. The van der Waals surface area contributed by atoms with Gasteiger partial charge >= 0.3 is 17.8 Å². The van der Waals surface area contributed by atoms with E-state index in [-0.39, 0.29) is 12.3 Å². The number of Topliss-reactive ketones (excluding diaryl/α,β-unsaturated/α-hetero) is 1. The van der Waals surface area contributed by atoms with Gasteiger partial charge in [0.25, 0.3) is 0 Å². The number of carbonyl (C=O) groups excluding carboxylic acids is 5. The number of amides is 5. The molecule has 1 fully saturated rings. The van der Waals surface area contributed by atoms with E-state index in [0.717, 1.165) is 4.90 Å². The zero-order chi connectivity index (χ0) is 20.3. The highest BCUT2D eigenvalue weighted by atomic mass is 16.2. The van der Waals surface area contributed by atoms with Gasteiger partial charge < -0.3 is 5.32 Å². The topological polar surface area (TPSA) is 104 Å². The summed E-state index contributed by atoms with van der Waals surface area (Å²) in [4.78, 5) is 61.8. The van der Waals surface area contributed by atoms with Gasteiger partial charge in [0.15, 0.2) is 5.78 Å². The van der Waals surface area contributed by atoms with Gasteiger partial charge in [0, 0.05) is 11.3 Å². The van der Waals surface area contributed by atoms with Crippen LogP contribution in [0, 0.1) is 0 Å². The molecule has 8 heteroatoms. The summed E-state index contributed by atoms with van der Waals surface area (Å²) < 4.78 is 0. The first-order chi connectivity index (χ1) is 13.4. The van der Waals surface area contributed by atoms with E-state index >= 15 is 0 Å². The number of anilines is 1.